The average molecular weight is 258 g/mol. The largest absolute Gasteiger partial charge is 0.493 e. The van der Waals surface area contributed by atoms with Crippen LogP contribution in [0.3, 0.4) is 0 Å². The Morgan fingerprint density at radius 2 is 2.12 bits per heavy atom. The number of carbonyl (C=O) groups is 1. The van der Waals surface area contributed by atoms with E-state index < -0.39 is 0 Å². The Morgan fingerprint density at radius 3 is 2.59 bits per heavy atom. The Morgan fingerprint density at radius 1 is 1.41 bits per heavy atom. The molecule has 94 valence electrons. The van der Waals surface area contributed by atoms with Crippen LogP contribution in [0.1, 0.15) is 24.9 Å². The van der Waals surface area contributed by atoms with Crippen LogP contribution in [0, 0.1) is 0 Å². The molecule has 17 heavy (non-hydrogen) atoms. The molecule has 1 fully saturated rings. The van der Waals surface area contributed by atoms with Crippen LogP contribution in [-0.2, 0) is 4.79 Å². The fourth-order valence-electron chi connectivity index (χ4n) is 1.71. The van der Waals surface area contributed by atoms with Gasteiger partial charge in [-0.25, -0.2) is 0 Å². The normalized spacial score (nSPS) is 17.6. The predicted octanol–water partition coefficient (Wildman–Crippen LogP) is 2.08. The average Bonchev–Trinajstić information content (AvgIpc) is 2.16. The van der Waals surface area contributed by atoms with Crippen LogP contribution in [0.4, 0.5) is 0 Å². The van der Waals surface area contributed by atoms with Gasteiger partial charge in [-0.15, -0.1) is 12.4 Å². The Hall–Kier alpha value is -1.26. The van der Waals surface area contributed by atoms with Crippen molar-refractivity contribution >= 4 is 18.4 Å². The summed E-state index contributed by atoms with van der Waals surface area (Å²) >= 11 is 0. The number of carbonyl (C=O) groups excluding carboxylic acids is 1. The summed E-state index contributed by atoms with van der Waals surface area (Å²) < 4.78 is 10.2. The highest BCUT2D eigenvalue weighted by molar-refractivity contribution is 5.85. The van der Waals surface area contributed by atoms with Gasteiger partial charge in [0, 0.05) is 13.0 Å². The predicted molar refractivity (Wildman–Crippen MR) is 66.9 cm³/mol. The highest BCUT2D eigenvalue weighted by atomic mass is 35.5. The number of nitrogens with one attached hydrogen (secondary N) is 1. The van der Waals surface area contributed by atoms with E-state index in [1.807, 2.05) is 12.1 Å². The summed E-state index contributed by atoms with van der Waals surface area (Å²) in [6.45, 7) is 2.43. The number of esters is 1. The maximum Gasteiger partial charge on any atom is 0.308 e. The summed E-state index contributed by atoms with van der Waals surface area (Å²) in [6, 6.07) is 6.04. The summed E-state index contributed by atoms with van der Waals surface area (Å²) in [4.78, 5) is 10.9. The van der Waals surface area contributed by atoms with E-state index in [1.165, 1.54) is 12.5 Å². The van der Waals surface area contributed by atoms with Crippen molar-refractivity contribution in [2.75, 3.05) is 13.7 Å². The summed E-state index contributed by atoms with van der Waals surface area (Å²) in [5.41, 5.74) is 1.17. The second-order valence-electron chi connectivity index (χ2n) is 3.80. The van der Waals surface area contributed by atoms with Gasteiger partial charge in [0.1, 0.15) is 0 Å². The summed E-state index contributed by atoms with van der Waals surface area (Å²) in [5.74, 6) is 0.729. The van der Waals surface area contributed by atoms with Gasteiger partial charge in [-0.3, -0.25) is 4.79 Å². The SMILES string of the molecule is COc1cc([C@@H]2CCN2)ccc1OC(C)=O.Cl. The highest BCUT2D eigenvalue weighted by Crippen LogP contribution is 2.32. The minimum Gasteiger partial charge on any atom is -0.493 e. The van der Waals surface area contributed by atoms with E-state index >= 15 is 0 Å². The van der Waals surface area contributed by atoms with Gasteiger partial charge in [0.25, 0.3) is 0 Å². The number of hydrogen-bond donors (Lipinski definition) is 1. The highest BCUT2D eigenvalue weighted by Gasteiger charge is 2.20. The molecule has 0 amide bonds. The van der Waals surface area contributed by atoms with Gasteiger partial charge < -0.3 is 14.8 Å². The van der Waals surface area contributed by atoms with Crippen molar-refractivity contribution in [1.82, 2.24) is 5.32 Å². The van der Waals surface area contributed by atoms with Crippen LogP contribution in [-0.4, -0.2) is 19.6 Å². The van der Waals surface area contributed by atoms with Crippen LogP contribution < -0.4 is 14.8 Å². The van der Waals surface area contributed by atoms with E-state index in [-0.39, 0.29) is 18.4 Å². The topological polar surface area (TPSA) is 47.6 Å². The molecule has 1 aromatic rings. The lowest BCUT2D eigenvalue weighted by atomic mass is 9.98. The number of halogens is 1. The standard InChI is InChI=1S/C12H15NO3.ClH/c1-8(14)16-11-4-3-9(7-12(11)15-2)10-5-6-13-10;/h3-4,7,10,13H,5-6H2,1-2H3;1H/t10-;/m0./s1. The number of methoxy groups -OCH3 is 1. The minimum absolute atomic E-state index is 0. The number of rotatable bonds is 3. The van der Waals surface area contributed by atoms with Gasteiger partial charge in [0.05, 0.1) is 7.11 Å². The molecule has 0 bridgehead atoms. The molecule has 0 radical (unpaired) electrons. The van der Waals surface area contributed by atoms with E-state index in [0.717, 1.165) is 13.0 Å². The van der Waals surface area contributed by atoms with Crippen LogP contribution >= 0.6 is 12.4 Å². The van der Waals surface area contributed by atoms with E-state index in [9.17, 15) is 4.79 Å². The van der Waals surface area contributed by atoms with Crippen LogP contribution in [0.5, 0.6) is 11.5 Å². The van der Waals surface area contributed by atoms with Gasteiger partial charge in [0.2, 0.25) is 0 Å². The number of benzene rings is 1. The monoisotopic (exact) mass is 257 g/mol. The lowest BCUT2D eigenvalue weighted by molar-refractivity contribution is -0.132. The van der Waals surface area contributed by atoms with E-state index in [0.29, 0.717) is 17.5 Å². The fraction of sp³-hybridized carbons (Fsp3) is 0.417. The molecule has 1 saturated heterocycles. The minimum atomic E-state index is -0.340. The number of ether oxygens (including phenoxy) is 2. The third-order valence-corrected chi connectivity index (χ3v) is 2.67. The van der Waals surface area contributed by atoms with E-state index in [1.54, 1.807) is 13.2 Å². The molecule has 0 spiro atoms. The maximum absolute atomic E-state index is 10.9. The Labute approximate surface area is 107 Å². The number of hydrogen-bond acceptors (Lipinski definition) is 4. The molecule has 1 aliphatic heterocycles. The molecule has 1 N–H and O–H groups in total. The van der Waals surface area contributed by atoms with Gasteiger partial charge in [-0.2, -0.15) is 0 Å². The molecule has 2 rings (SSSR count). The molecule has 1 aliphatic rings. The van der Waals surface area contributed by atoms with Crippen molar-refractivity contribution < 1.29 is 14.3 Å². The van der Waals surface area contributed by atoms with Gasteiger partial charge in [0.15, 0.2) is 11.5 Å². The second kappa shape index (κ2) is 5.89. The molecule has 5 heteroatoms. The van der Waals surface area contributed by atoms with Gasteiger partial charge >= 0.3 is 5.97 Å². The zero-order valence-electron chi connectivity index (χ0n) is 9.86. The first kappa shape index (κ1) is 13.8. The molecule has 1 atom stereocenters. The first-order valence-corrected chi connectivity index (χ1v) is 5.30. The third-order valence-electron chi connectivity index (χ3n) is 2.67. The zero-order chi connectivity index (χ0) is 11.5. The van der Waals surface area contributed by atoms with Crippen molar-refractivity contribution in [2.45, 2.75) is 19.4 Å². The smallest absolute Gasteiger partial charge is 0.308 e. The molecule has 1 heterocycles. The first-order chi connectivity index (χ1) is 7.70. The van der Waals surface area contributed by atoms with Crippen molar-refractivity contribution in [3.63, 3.8) is 0 Å². The lowest BCUT2D eigenvalue weighted by Crippen LogP contribution is -2.34. The molecular weight excluding hydrogens is 242 g/mol. The molecule has 0 aliphatic carbocycles. The Balaban J connectivity index is 0.00000144. The molecule has 0 saturated carbocycles. The molecule has 1 aromatic carbocycles. The van der Waals surface area contributed by atoms with E-state index in [4.69, 9.17) is 9.47 Å². The molecule has 4 nitrogen and oxygen atoms in total. The third kappa shape index (κ3) is 3.11. The van der Waals surface area contributed by atoms with Crippen LogP contribution in [0.25, 0.3) is 0 Å². The lowest BCUT2D eigenvalue weighted by Gasteiger charge is -2.28. The van der Waals surface area contributed by atoms with Crippen LogP contribution in [0.2, 0.25) is 0 Å². The van der Waals surface area contributed by atoms with Crippen molar-refractivity contribution in [3.8, 4) is 11.5 Å². The van der Waals surface area contributed by atoms with Crippen molar-refractivity contribution in [3.05, 3.63) is 23.8 Å². The fourth-order valence-corrected chi connectivity index (χ4v) is 1.71. The van der Waals surface area contributed by atoms with Crippen molar-refractivity contribution in [2.24, 2.45) is 0 Å². The van der Waals surface area contributed by atoms with Crippen LogP contribution in [0.15, 0.2) is 18.2 Å². The maximum atomic E-state index is 10.9. The van der Waals surface area contributed by atoms with Gasteiger partial charge in [-0.05, 0) is 30.7 Å². The Bertz CT molecular complexity index is 405. The van der Waals surface area contributed by atoms with E-state index in [2.05, 4.69) is 5.32 Å². The van der Waals surface area contributed by atoms with Crippen molar-refractivity contribution in [1.29, 1.82) is 0 Å². The summed E-state index contributed by atoms with van der Waals surface area (Å²) in [7, 11) is 1.57. The summed E-state index contributed by atoms with van der Waals surface area (Å²) in [6.07, 6.45) is 1.13. The zero-order valence-corrected chi connectivity index (χ0v) is 10.7. The quantitative estimate of drug-likeness (QED) is 0.665. The molecule has 0 unspecified atom stereocenters. The Kier molecular flexibility index (Phi) is 4.78. The molecular formula is C12H16ClNO3. The van der Waals surface area contributed by atoms with Gasteiger partial charge in [-0.1, -0.05) is 6.07 Å². The summed E-state index contributed by atoms with van der Waals surface area (Å²) in [5, 5.41) is 3.31. The first-order valence-electron chi connectivity index (χ1n) is 5.30. The second-order valence-corrected chi connectivity index (χ2v) is 3.80. The molecule has 0 aromatic heterocycles.